The molecular weight excluding hydrogens is 328 g/mol. The first-order valence-electron chi connectivity index (χ1n) is 7.20. The maximum absolute atomic E-state index is 11.4. The van der Waals surface area contributed by atoms with E-state index in [2.05, 4.69) is 27.6 Å². The predicted molar refractivity (Wildman–Crippen MR) is 98.8 cm³/mol. The summed E-state index contributed by atoms with van der Waals surface area (Å²) in [6, 6.07) is 14.0. The molecule has 0 aliphatic heterocycles. The van der Waals surface area contributed by atoms with Crippen molar-refractivity contribution < 1.29 is 8.42 Å². The third-order valence-corrected chi connectivity index (χ3v) is 5.18. The molecule has 2 N–H and O–H groups in total. The van der Waals surface area contributed by atoms with Gasteiger partial charge in [0.05, 0.1) is 11.9 Å². The first kappa shape index (κ1) is 15.8. The number of fused-ring (bicyclic) bond motifs is 1. The molecule has 0 saturated carbocycles. The number of anilines is 2. The van der Waals surface area contributed by atoms with E-state index < -0.39 is 10.0 Å². The fraction of sp³-hybridized carbons (Fsp3) is 0.176. The third kappa shape index (κ3) is 3.83. The third-order valence-electron chi connectivity index (χ3n) is 3.58. The molecule has 6 heteroatoms. The van der Waals surface area contributed by atoms with Gasteiger partial charge in [-0.1, -0.05) is 24.3 Å². The van der Waals surface area contributed by atoms with Gasteiger partial charge in [-0.05, 0) is 47.0 Å². The van der Waals surface area contributed by atoms with Crippen LogP contribution in [0.15, 0.2) is 47.8 Å². The van der Waals surface area contributed by atoms with E-state index in [-0.39, 0.29) is 0 Å². The van der Waals surface area contributed by atoms with Crippen LogP contribution in [-0.4, -0.2) is 14.7 Å². The minimum atomic E-state index is -3.28. The van der Waals surface area contributed by atoms with Crippen LogP contribution in [0.4, 0.5) is 11.4 Å². The smallest absolute Gasteiger partial charge is 0.229 e. The maximum Gasteiger partial charge on any atom is 0.229 e. The van der Waals surface area contributed by atoms with E-state index in [0.29, 0.717) is 12.2 Å². The van der Waals surface area contributed by atoms with Crippen molar-refractivity contribution in [1.82, 2.24) is 0 Å². The highest BCUT2D eigenvalue weighted by Crippen LogP contribution is 2.27. The SMILES string of the molecule is Cc1ccc(NCc2csc3ccccc23)cc1NS(C)(=O)=O. The van der Waals surface area contributed by atoms with Gasteiger partial charge < -0.3 is 5.32 Å². The maximum atomic E-state index is 11.4. The molecule has 0 atom stereocenters. The Bertz CT molecular complexity index is 946. The topological polar surface area (TPSA) is 58.2 Å². The molecule has 1 heterocycles. The van der Waals surface area contributed by atoms with Crippen LogP contribution in [0, 0.1) is 6.92 Å². The zero-order chi connectivity index (χ0) is 16.4. The molecule has 0 aliphatic carbocycles. The van der Waals surface area contributed by atoms with Gasteiger partial charge in [0, 0.05) is 16.9 Å². The van der Waals surface area contributed by atoms with E-state index in [4.69, 9.17) is 0 Å². The van der Waals surface area contributed by atoms with Crippen LogP contribution in [0.2, 0.25) is 0 Å². The van der Waals surface area contributed by atoms with Crippen LogP contribution in [0.1, 0.15) is 11.1 Å². The molecule has 0 fully saturated rings. The number of rotatable bonds is 5. The van der Waals surface area contributed by atoms with E-state index in [1.54, 1.807) is 11.3 Å². The molecule has 0 bridgehead atoms. The van der Waals surface area contributed by atoms with Crippen molar-refractivity contribution >= 4 is 42.8 Å². The molecule has 0 saturated heterocycles. The summed E-state index contributed by atoms with van der Waals surface area (Å²) in [5, 5.41) is 6.77. The van der Waals surface area contributed by atoms with Gasteiger partial charge in [0.1, 0.15) is 0 Å². The molecule has 0 amide bonds. The van der Waals surface area contributed by atoms with Crippen LogP contribution in [-0.2, 0) is 16.6 Å². The summed E-state index contributed by atoms with van der Waals surface area (Å²) in [6.45, 7) is 2.58. The first-order valence-corrected chi connectivity index (χ1v) is 9.97. The van der Waals surface area contributed by atoms with Gasteiger partial charge in [-0.3, -0.25) is 4.72 Å². The monoisotopic (exact) mass is 346 g/mol. The van der Waals surface area contributed by atoms with Gasteiger partial charge in [-0.15, -0.1) is 11.3 Å². The van der Waals surface area contributed by atoms with E-state index >= 15 is 0 Å². The second-order valence-electron chi connectivity index (χ2n) is 5.51. The molecular formula is C17H18N2O2S2. The Morgan fingerprint density at radius 1 is 1.13 bits per heavy atom. The number of benzene rings is 2. The lowest BCUT2D eigenvalue weighted by Gasteiger charge is -2.11. The Morgan fingerprint density at radius 3 is 2.70 bits per heavy atom. The molecule has 3 aromatic rings. The number of thiophene rings is 1. The Morgan fingerprint density at radius 2 is 1.91 bits per heavy atom. The quantitative estimate of drug-likeness (QED) is 0.728. The van der Waals surface area contributed by atoms with Crippen molar-refractivity contribution in [2.45, 2.75) is 13.5 Å². The Balaban J connectivity index is 1.79. The summed E-state index contributed by atoms with van der Waals surface area (Å²) in [6.07, 6.45) is 1.16. The zero-order valence-electron chi connectivity index (χ0n) is 13.0. The fourth-order valence-electron chi connectivity index (χ4n) is 2.41. The molecule has 0 aliphatic rings. The number of nitrogens with one attached hydrogen (secondary N) is 2. The summed E-state index contributed by atoms with van der Waals surface area (Å²) < 4.78 is 26.7. The lowest BCUT2D eigenvalue weighted by Crippen LogP contribution is -2.11. The second kappa shape index (κ2) is 6.22. The second-order valence-corrected chi connectivity index (χ2v) is 8.17. The lowest BCUT2D eigenvalue weighted by atomic mass is 10.1. The van der Waals surface area contributed by atoms with Gasteiger partial charge >= 0.3 is 0 Å². The van der Waals surface area contributed by atoms with E-state index in [1.165, 1.54) is 15.6 Å². The Kier molecular flexibility index (Phi) is 4.28. The van der Waals surface area contributed by atoms with Crippen molar-refractivity contribution in [2.75, 3.05) is 16.3 Å². The van der Waals surface area contributed by atoms with Crippen LogP contribution in [0.3, 0.4) is 0 Å². The largest absolute Gasteiger partial charge is 0.381 e. The molecule has 0 radical (unpaired) electrons. The Hall–Kier alpha value is -2.05. The van der Waals surface area contributed by atoms with Crippen molar-refractivity contribution in [3.8, 4) is 0 Å². The van der Waals surface area contributed by atoms with Crippen molar-refractivity contribution in [3.05, 3.63) is 59.0 Å². The fourth-order valence-corrected chi connectivity index (χ4v) is 3.99. The number of sulfonamides is 1. The zero-order valence-corrected chi connectivity index (χ0v) is 14.6. The van der Waals surface area contributed by atoms with Crippen molar-refractivity contribution in [3.63, 3.8) is 0 Å². The average Bonchev–Trinajstić information content (AvgIpc) is 2.90. The molecule has 0 spiro atoms. The summed E-state index contributed by atoms with van der Waals surface area (Å²) in [7, 11) is -3.28. The molecule has 120 valence electrons. The molecule has 3 rings (SSSR count). The number of aryl methyl sites for hydroxylation is 1. The van der Waals surface area contributed by atoms with Crippen LogP contribution < -0.4 is 10.0 Å². The van der Waals surface area contributed by atoms with Crippen LogP contribution in [0.5, 0.6) is 0 Å². The molecule has 0 unspecified atom stereocenters. The predicted octanol–water partition coefficient (Wildman–Crippen LogP) is 4.19. The van der Waals surface area contributed by atoms with E-state index in [1.807, 2.05) is 37.3 Å². The molecule has 1 aromatic heterocycles. The summed E-state index contributed by atoms with van der Waals surface area (Å²) in [4.78, 5) is 0. The normalized spacial score (nSPS) is 11.6. The standard InChI is InChI=1S/C17H18N2O2S2/c1-12-7-8-14(9-16(12)19-23(2,20)21)18-10-13-11-22-17-6-4-3-5-15(13)17/h3-9,11,18-19H,10H2,1-2H3. The summed E-state index contributed by atoms with van der Waals surface area (Å²) in [5.74, 6) is 0. The average molecular weight is 346 g/mol. The van der Waals surface area contributed by atoms with E-state index in [9.17, 15) is 8.42 Å². The number of hydrogen-bond donors (Lipinski definition) is 2. The highest BCUT2D eigenvalue weighted by Gasteiger charge is 2.07. The number of hydrogen-bond acceptors (Lipinski definition) is 4. The van der Waals surface area contributed by atoms with Gasteiger partial charge in [0.15, 0.2) is 0 Å². The van der Waals surface area contributed by atoms with Crippen LogP contribution >= 0.6 is 11.3 Å². The highest BCUT2D eigenvalue weighted by molar-refractivity contribution is 7.92. The molecule has 2 aromatic carbocycles. The van der Waals surface area contributed by atoms with Gasteiger partial charge in [-0.2, -0.15) is 0 Å². The molecule has 4 nitrogen and oxygen atoms in total. The molecule has 23 heavy (non-hydrogen) atoms. The summed E-state index contributed by atoms with van der Waals surface area (Å²) >= 11 is 1.73. The van der Waals surface area contributed by atoms with Gasteiger partial charge in [0.2, 0.25) is 10.0 Å². The van der Waals surface area contributed by atoms with Crippen LogP contribution in [0.25, 0.3) is 10.1 Å². The lowest BCUT2D eigenvalue weighted by molar-refractivity contribution is 0.607. The minimum absolute atomic E-state index is 0.604. The summed E-state index contributed by atoms with van der Waals surface area (Å²) in [5.41, 5.74) is 3.62. The van der Waals surface area contributed by atoms with E-state index in [0.717, 1.165) is 17.5 Å². The first-order chi connectivity index (χ1) is 10.9. The minimum Gasteiger partial charge on any atom is -0.381 e. The van der Waals surface area contributed by atoms with Gasteiger partial charge in [0.25, 0.3) is 0 Å². The van der Waals surface area contributed by atoms with Gasteiger partial charge in [-0.25, -0.2) is 8.42 Å². The van der Waals surface area contributed by atoms with Crippen molar-refractivity contribution in [2.24, 2.45) is 0 Å². The van der Waals surface area contributed by atoms with Crippen molar-refractivity contribution in [1.29, 1.82) is 0 Å². The Labute approximate surface area is 140 Å². The highest BCUT2D eigenvalue weighted by atomic mass is 32.2.